The van der Waals surface area contributed by atoms with Gasteiger partial charge in [-0.2, -0.15) is 0 Å². The van der Waals surface area contributed by atoms with Crippen LogP contribution in [-0.4, -0.2) is 18.7 Å². The highest BCUT2D eigenvalue weighted by atomic mass is 16.5. The molecule has 3 heteroatoms. The number of carbonyl (C=O) groups excluding carboxylic acids is 1. The number of nitrogens with one attached hydrogen (secondary N) is 1. The molecular weight excluding hydrogens is 142 g/mol. The van der Waals surface area contributed by atoms with Gasteiger partial charge in [-0.15, -0.1) is 0 Å². The van der Waals surface area contributed by atoms with Crippen molar-refractivity contribution in [2.75, 3.05) is 6.61 Å². The molecule has 1 aliphatic carbocycles. The van der Waals surface area contributed by atoms with Crippen molar-refractivity contribution in [2.24, 2.45) is 0 Å². The molecule has 0 atom stereocenters. The highest BCUT2D eigenvalue weighted by Crippen LogP contribution is 2.17. The second-order valence-electron chi connectivity index (χ2n) is 2.85. The van der Waals surface area contributed by atoms with Crippen molar-refractivity contribution in [1.82, 2.24) is 5.32 Å². The van der Waals surface area contributed by atoms with E-state index in [-0.39, 0.29) is 6.09 Å². The third kappa shape index (κ3) is 2.78. The molecule has 0 aromatic rings. The Kier molecular flexibility index (Phi) is 3.20. The van der Waals surface area contributed by atoms with E-state index in [1.54, 1.807) is 0 Å². The Labute approximate surface area is 67.1 Å². The molecule has 1 amide bonds. The van der Waals surface area contributed by atoms with Gasteiger partial charge in [-0.25, -0.2) is 4.79 Å². The fraction of sp³-hybridized carbons (Fsp3) is 0.875. The molecule has 0 heterocycles. The number of amides is 1. The van der Waals surface area contributed by atoms with E-state index in [1.165, 1.54) is 12.8 Å². The van der Waals surface area contributed by atoms with Crippen molar-refractivity contribution < 1.29 is 9.53 Å². The van der Waals surface area contributed by atoms with E-state index in [9.17, 15) is 4.79 Å². The Morgan fingerprint density at radius 1 is 1.55 bits per heavy atom. The van der Waals surface area contributed by atoms with Gasteiger partial charge in [-0.1, -0.05) is 12.8 Å². The van der Waals surface area contributed by atoms with Gasteiger partial charge in [0.15, 0.2) is 0 Å². The summed E-state index contributed by atoms with van der Waals surface area (Å²) in [5, 5.41) is 2.82. The second kappa shape index (κ2) is 4.21. The van der Waals surface area contributed by atoms with E-state index in [2.05, 4.69) is 5.32 Å². The number of alkyl carbamates (subject to hydrolysis) is 1. The fourth-order valence-electron chi connectivity index (χ4n) is 1.41. The average molecular weight is 157 g/mol. The zero-order chi connectivity index (χ0) is 8.10. The van der Waals surface area contributed by atoms with Crippen LogP contribution in [0.2, 0.25) is 0 Å². The monoisotopic (exact) mass is 157 g/mol. The first-order chi connectivity index (χ1) is 5.33. The van der Waals surface area contributed by atoms with Gasteiger partial charge < -0.3 is 10.1 Å². The quantitative estimate of drug-likeness (QED) is 0.662. The van der Waals surface area contributed by atoms with E-state index in [4.69, 9.17) is 4.74 Å². The zero-order valence-corrected chi connectivity index (χ0v) is 6.93. The van der Waals surface area contributed by atoms with Crippen LogP contribution < -0.4 is 5.32 Å². The average Bonchev–Trinajstić information content (AvgIpc) is 2.40. The standard InChI is InChI=1S/C8H15NO2/c1-2-11-8(10)9-7-5-3-4-6-7/h7H,2-6H2,1H3,(H,9,10). The molecule has 0 aromatic heterocycles. The van der Waals surface area contributed by atoms with Crippen LogP contribution in [0.25, 0.3) is 0 Å². The molecule has 0 aliphatic heterocycles. The lowest BCUT2D eigenvalue weighted by Crippen LogP contribution is -2.32. The van der Waals surface area contributed by atoms with Gasteiger partial charge in [-0.3, -0.25) is 0 Å². The summed E-state index contributed by atoms with van der Waals surface area (Å²) < 4.78 is 4.75. The van der Waals surface area contributed by atoms with E-state index >= 15 is 0 Å². The van der Waals surface area contributed by atoms with Gasteiger partial charge in [0.05, 0.1) is 6.61 Å². The molecule has 0 saturated heterocycles. The molecular formula is C8H15NO2. The molecule has 1 rings (SSSR count). The zero-order valence-electron chi connectivity index (χ0n) is 6.93. The predicted molar refractivity (Wildman–Crippen MR) is 42.4 cm³/mol. The summed E-state index contributed by atoms with van der Waals surface area (Å²) >= 11 is 0. The summed E-state index contributed by atoms with van der Waals surface area (Å²) in [5.41, 5.74) is 0. The Balaban J connectivity index is 2.13. The number of rotatable bonds is 2. The van der Waals surface area contributed by atoms with Crippen LogP contribution >= 0.6 is 0 Å². The minimum atomic E-state index is -0.264. The molecule has 0 bridgehead atoms. The predicted octanol–water partition coefficient (Wildman–Crippen LogP) is 1.68. The summed E-state index contributed by atoms with van der Waals surface area (Å²) in [4.78, 5) is 10.9. The summed E-state index contributed by atoms with van der Waals surface area (Å²) in [6.07, 6.45) is 4.42. The molecule has 1 fully saturated rings. The van der Waals surface area contributed by atoms with Gasteiger partial charge in [0.1, 0.15) is 0 Å². The Morgan fingerprint density at radius 3 is 2.73 bits per heavy atom. The number of carbonyl (C=O) groups is 1. The van der Waals surface area contributed by atoms with Crippen molar-refractivity contribution in [1.29, 1.82) is 0 Å². The third-order valence-corrected chi connectivity index (χ3v) is 1.95. The van der Waals surface area contributed by atoms with E-state index in [0.29, 0.717) is 12.6 Å². The number of hydrogen-bond acceptors (Lipinski definition) is 2. The van der Waals surface area contributed by atoms with Gasteiger partial charge in [0.2, 0.25) is 0 Å². The van der Waals surface area contributed by atoms with Crippen molar-refractivity contribution in [2.45, 2.75) is 38.6 Å². The third-order valence-electron chi connectivity index (χ3n) is 1.95. The van der Waals surface area contributed by atoms with Crippen LogP contribution in [0.15, 0.2) is 0 Å². The lowest BCUT2D eigenvalue weighted by atomic mass is 10.3. The molecule has 1 N–H and O–H groups in total. The molecule has 0 spiro atoms. The Morgan fingerprint density at radius 2 is 2.18 bits per heavy atom. The minimum Gasteiger partial charge on any atom is -0.450 e. The maximum absolute atomic E-state index is 10.9. The van der Waals surface area contributed by atoms with Gasteiger partial charge >= 0.3 is 6.09 Å². The molecule has 11 heavy (non-hydrogen) atoms. The topological polar surface area (TPSA) is 38.3 Å². The van der Waals surface area contributed by atoms with Crippen LogP contribution in [0, 0.1) is 0 Å². The van der Waals surface area contributed by atoms with Crippen LogP contribution in [0.3, 0.4) is 0 Å². The number of hydrogen-bond donors (Lipinski definition) is 1. The highest BCUT2D eigenvalue weighted by molar-refractivity contribution is 5.67. The van der Waals surface area contributed by atoms with E-state index < -0.39 is 0 Å². The normalized spacial score (nSPS) is 18.3. The smallest absolute Gasteiger partial charge is 0.407 e. The molecule has 0 unspecified atom stereocenters. The van der Waals surface area contributed by atoms with E-state index in [0.717, 1.165) is 12.8 Å². The van der Waals surface area contributed by atoms with Crippen molar-refractivity contribution in [3.8, 4) is 0 Å². The number of ether oxygens (including phenoxy) is 1. The summed E-state index contributed by atoms with van der Waals surface area (Å²) in [6.45, 7) is 2.27. The maximum atomic E-state index is 10.9. The largest absolute Gasteiger partial charge is 0.450 e. The first-order valence-electron chi connectivity index (χ1n) is 4.26. The first-order valence-corrected chi connectivity index (χ1v) is 4.26. The Bertz CT molecular complexity index is 130. The van der Waals surface area contributed by atoms with Crippen LogP contribution in [0.1, 0.15) is 32.6 Å². The minimum absolute atomic E-state index is 0.264. The SMILES string of the molecule is CCOC(=O)NC1CCCC1. The van der Waals surface area contributed by atoms with Gasteiger partial charge in [0.25, 0.3) is 0 Å². The molecule has 3 nitrogen and oxygen atoms in total. The summed E-state index contributed by atoms with van der Waals surface area (Å²) in [5.74, 6) is 0. The van der Waals surface area contributed by atoms with Crippen molar-refractivity contribution >= 4 is 6.09 Å². The van der Waals surface area contributed by atoms with Crippen molar-refractivity contribution in [3.63, 3.8) is 0 Å². The van der Waals surface area contributed by atoms with E-state index in [1.807, 2.05) is 6.92 Å². The van der Waals surface area contributed by atoms with Crippen LogP contribution in [0.5, 0.6) is 0 Å². The second-order valence-corrected chi connectivity index (χ2v) is 2.85. The van der Waals surface area contributed by atoms with Crippen LogP contribution in [0.4, 0.5) is 4.79 Å². The Hall–Kier alpha value is -0.730. The highest BCUT2D eigenvalue weighted by Gasteiger charge is 2.16. The summed E-state index contributed by atoms with van der Waals surface area (Å²) in [6, 6.07) is 0.369. The van der Waals surface area contributed by atoms with Crippen molar-refractivity contribution in [3.05, 3.63) is 0 Å². The molecule has 1 saturated carbocycles. The lowest BCUT2D eigenvalue weighted by molar-refractivity contribution is 0.148. The lowest BCUT2D eigenvalue weighted by Gasteiger charge is -2.10. The van der Waals surface area contributed by atoms with Crippen LogP contribution in [-0.2, 0) is 4.74 Å². The molecule has 0 radical (unpaired) electrons. The molecule has 0 aromatic carbocycles. The summed E-state index contributed by atoms with van der Waals surface area (Å²) in [7, 11) is 0. The van der Waals surface area contributed by atoms with Gasteiger partial charge in [-0.05, 0) is 19.8 Å². The van der Waals surface area contributed by atoms with Gasteiger partial charge in [0, 0.05) is 6.04 Å². The molecule has 64 valence electrons. The molecule has 1 aliphatic rings. The fourth-order valence-corrected chi connectivity index (χ4v) is 1.41. The first kappa shape index (κ1) is 8.37. The maximum Gasteiger partial charge on any atom is 0.407 e.